The van der Waals surface area contributed by atoms with Crippen molar-refractivity contribution < 1.29 is 4.79 Å². The van der Waals surface area contributed by atoms with Gasteiger partial charge >= 0.3 is 0 Å². The standard InChI is InChI=1S/C15H23N5O.ClH/c1-2-12-5-9-19(10-6-12)15(21)14-11-20(18-17-14)13-3-7-16-8-4-13;/h2,11-13,16H,1,3-10H2;1H. The summed E-state index contributed by atoms with van der Waals surface area (Å²) in [6.45, 7) is 7.41. The predicted molar refractivity (Wildman–Crippen MR) is 87.2 cm³/mol. The van der Waals surface area contributed by atoms with Crippen molar-refractivity contribution in [3.8, 4) is 0 Å². The van der Waals surface area contributed by atoms with Crippen molar-refractivity contribution in [2.45, 2.75) is 31.7 Å². The Kier molecular flexibility index (Phi) is 5.97. The Morgan fingerprint density at radius 2 is 1.95 bits per heavy atom. The Balaban J connectivity index is 0.00000176. The summed E-state index contributed by atoms with van der Waals surface area (Å²) in [5.74, 6) is 0.553. The highest BCUT2D eigenvalue weighted by Gasteiger charge is 2.25. The van der Waals surface area contributed by atoms with Gasteiger partial charge in [-0.3, -0.25) is 4.79 Å². The van der Waals surface area contributed by atoms with Crippen LogP contribution in [0.2, 0.25) is 0 Å². The predicted octanol–water partition coefficient (Wildman–Crippen LogP) is 1.66. The van der Waals surface area contributed by atoms with Gasteiger partial charge in [0.05, 0.1) is 12.2 Å². The van der Waals surface area contributed by atoms with Crippen LogP contribution in [0, 0.1) is 5.92 Å². The third-order valence-corrected chi connectivity index (χ3v) is 4.57. The Morgan fingerprint density at radius 1 is 1.27 bits per heavy atom. The van der Waals surface area contributed by atoms with Crippen molar-refractivity contribution in [1.29, 1.82) is 0 Å². The molecule has 0 spiro atoms. The molecule has 0 atom stereocenters. The van der Waals surface area contributed by atoms with Crippen molar-refractivity contribution in [2.24, 2.45) is 5.92 Å². The summed E-state index contributed by atoms with van der Waals surface area (Å²) in [5, 5.41) is 11.6. The number of nitrogens with one attached hydrogen (secondary N) is 1. The van der Waals surface area contributed by atoms with Gasteiger partial charge in [0.1, 0.15) is 0 Å². The van der Waals surface area contributed by atoms with Gasteiger partial charge in [-0.2, -0.15) is 0 Å². The first-order valence-electron chi connectivity index (χ1n) is 7.82. The minimum absolute atomic E-state index is 0. The molecule has 2 fully saturated rings. The van der Waals surface area contributed by atoms with Gasteiger partial charge < -0.3 is 10.2 Å². The van der Waals surface area contributed by atoms with Crippen LogP contribution in [-0.2, 0) is 0 Å². The molecule has 122 valence electrons. The van der Waals surface area contributed by atoms with E-state index in [-0.39, 0.29) is 18.3 Å². The second kappa shape index (κ2) is 7.74. The number of likely N-dealkylation sites (tertiary alicyclic amines) is 1. The first kappa shape index (κ1) is 17.0. The lowest BCUT2D eigenvalue weighted by Gasteiger charge is -2.29. The monoisotopic (exact) mass is 325 g/mol. The van der Waals surface area contributed by atoms with E-state index in [0.717, 1.165) is 51.9 Å². The van der Waals surface area contributed by atoms with Crippen molar-refractivity contribution in [3.63, 3.8) is 0 Å². The SMILES string of the molecule is C=CC1CCN(C(=O)c2cn(C3CCNCC3)nn2)CC1.Cl. The van der Waals surface area contributed by atoms with Gasteiger partial charge in [-0.1, -0.05) is 11.3 Å². The van der Waals surface area contributed by atoms with Crippen LogP contribution in [0.1, 0.15) is 42.2 Å². The highest BCUT2D eigenvalue weighted by Crippen LogP contribution is 2.20. The summed E-state index contributed by atoms with van der Waals surface area (Å²) in [4.78, 5) is 14.3. The summed E-state index contributed by atoms with van der Waals surface area (Å²) in [6, 6.07) is 0.367. The number of carbonyl (C=O) groups is 1. The average molecular weight is 326 g/mol. The molecule has 2 aliphatic rings. The molecule has 0 saturated carbocycles. The molecule has 7 heteroatoms. The molecule has 2 saturated heterocycles. The number of piperidine rings is 2. The van der Waals surface area contributed by atoms with E-state index < -0.39 is 0 Å². The fraction of sp³-hybridized carbons (Fsp3) is 0.667. The first-order valence-corrected chi connectivity index (χ1v) is 7.82. The molecule has 3 rings (SSSR count). The van der Waals surface area contributed by atoms with E-state index in [4.69, 9.17) is 0 Å². The van der Waals surface area contributed by atoms with Gasteiger partial charge in [0.2, 0.25) is 0 Å². The van der Waals surface area contributed by atoms with Crippen molar-refractivity contribution >= 4 is 18.3 Å². The third-order valence-electron chi connectivity index (χ3n) is 4.57. The maximum Gasteiger partial charge on any atom is 0.276 e. The summed E-state index contributed by atoms with van der Waals surface area (Å²) >= 11 is 0. The van der Waals surface area contributed by atoms with Gasteiger partial charge in [0, 0.05) is 13.1 Å². The molecule has 22 heavy (non-hydrogen) atoms. The fourth-order valence-corrected chi connectivity index (χ4v) is 3.12. The van der Waals surface area contributed by atoms with Gasteiger partial charge in [-0.15, -0.1) is 24.1 Å². The maximum atomic E-state index is 12.5. The molecule has 0 bridgehead atoms. The number of hydrogen-bond donors (Lipinski definition) is 1. The smallest absolute Gasteiger partial charge is 0.276 e. The van der Waals surface area contributed by atoms with Gasteiger partial charge in [0.25, 0.3) is 5.91 Å². The molecule has 0 unspecified atom stereocenters. The molecule has 1 amide bonds. The van der Waals surface area contributed by atoms with Crippen LogP contribution < -0.4 is 5.32 Å². The van der Waals surface area contributed by atoms with Gasteiger partial charge in [0.15, 0.2) is 5.69 Å². The zero-order chi connectivity index (χ0) is 14.7. The van der Waals surface area contributed by atoms with E-state index in [0.29, 0.717) is 17.7 Å². The summed E-state index contributed by atoms with van der Waals surface area (Å²) in [6.07, 6.45) is 7.89. The minimum atomic E-state index is 0. The molecule has 6 nitrogen and oxygen atoms in total. The molecular formula is C15H24ClN5O. The van der Waals surface area contributed by atoms with Crippen molar-refractivity contribution in [1.82, 2.24) is 25.2 Å². The molecule has 2 aliphatic heterocycles. The zero-order valence-corrected chi connectivity index (χ0v) is 13.6. The van der Waals surface area contributed by atoms with E-state index in [1.807, 2.05) is 21.9 Å². The van der Waals surface area contributed by atoms with Gasteiger partial charge in [-0.05, 0) is 44.7 Å². The molecule has 1 aromatic heterocycles. The molecule has 1 aromatic rings. The Bertz CT molecular complexity index is 504. The summed E-state index contributed by atoms with van der Waals surface area (Å²) in [7, 11) is 0. The van der Waals surface area contributed by atoms with Crippen molar-refractivity contribution in [2.75, 3.05) is 26.2 Å². The minimum Gasteiger partial charge on any atom is -0.337 e. The average Bonchev–Trinajstić information content (AvgIpc) is 3.05. The second-order valence-corrected chi connectivity index (χ2v) is 5.93. The van der Waals surface area contributed by atoms with E-state index in [1.54, 1.807) is 0 Å². The zero-order valence-electron chi connectivity index (χ0n) is 12.8. The Hall–Kier alpha value is -1.40. The highest BCUT2D eigenvalue weighted by molar-refractivity contribution is 5.92. The largest absolute Gasteiger partial charge is 0.337 e. The fourth-order valence-electron chi connectivity index (χ4n) is 3.12. The van der Waals surface area contributed by atoms with Crippen LogP contribution in [0.25, 0.3) is 0 Å². The summed E-state index contributed by atoms with van der Waals surface area (Å²) in [5.41, 5.74) is 0.477. The lowest BCUT2D eigenvalue weighted by Crippen LogP contribution is -2.38. The number of nitrogens with zero attached hydrogens (tertiary/aromatic N) is 4. The van der Waals surface area contributed by atoms with Crippen LogP contribution in [0.4, 0.5) is 0 Å². The first-order chi connectivity index (χ1) is 10.3. The van der Waals surface area contributed by atoms with Crippen molar-refractivity contribution in [3.05, 3.63) is 24.5 Å². The van der Waals surface area contributed by atoms with Crippen LogP contribution in [0.15, 0.2) is 18.9 Å². The lowest BCUT2D eigenvalue weighted by molar-refractivity contribution is 0.0699. The highest BCUT2D eigenvalue weighted by atomic mass is 35.5. The number of amides is 1. The Morgan fingerprint density at radius 3 is 2.59 bits per heavy atom. The number of halogens is 1. The number of allylic oxidation sites excluding steroid dienone is 1. The third kappa shape index (κ3) is 3.67. The maximum absolute atomic E-state index is 12.5. The molecule has 0 aromatic carbocycles. The summed E-state index contributed by atoms with van der Waals surface area (Å²) < 4.78 is 1.87. The van der Waals surface area contributed by atoms with Gasteiger partial charge in [-0.25, -0.2) is 4.68 Å². The number of aromatic nitrogens is 3. The van der Waals surface area contributed by atoms with E-state index in [2.05, 4.69) is 22.2 Å². The number of hydrogen-bond acceptors (Lipinski definition) is 4. The van der Waals surface area contributed by atoms with E-state index in [9.17, 15) is 4.79 Å². The lowest BCUT2D eigenvalue weighted by atomic mass is 9.97. The van der Waals surface area contributed by atoms with E-state index >= 15 is 0 Å². The molecule has 3 heterocycles. The number of carbonyl (C=O) groups excluding carboxylic acids is 1. The van der Waals surface area contributed by atoms with Crippen LogP contribution in [0.5, 0.6) is 0 Å². The molecule has 1 N–H and O–H groups in total. The second-order valence-electron chi connectivity index (χ2n) is 5.93. The molecule has 0 aliphatic carbocycles. The van der Waals surface area contributed by atoms with E-state index in [1.165, 1.54) is 0 Å². The number of rotatable bonds is 3. The topological polar surface area (TPSA) is 63.1 Å². The molecular weight excluding hydrogens is 302 g/mol. The molecule has 0 radical (unpaired) electrons. The van der Waals surface area contributed by atoms with Crippen LogP contribution >= 0.6 is 12.4 Å². The van der Waals surface area contributed by atoms with Crippen LogP contribution in [0.3, 0.4) is 0 Å². The quantitative estimate of drug-likeness (QED) is 0.859. The van der Waals surface area contributed by atoms with Crippen LogP contribution in [-0.4, -0.2) is 52.0 Å². The Labute approximate surface area is 137 Å². The normalized spacial score (nSPS) is 20.5.